The minimum atomic E-state index is -0.438. The number of nitrogen functional groups attached to an aromatic ring is 1. The van der Waals surface area contributed by atoms with Crippen molar-refractivity contribution >= 4 is 17.7 Å². The summed E-state index contributed by atoms with van der Waals surface area (Å²) in [6.45, 7) is 2.02. The van der Waals surface area contributed by atoms with Crippen LogP contribution >= 0.6 is 11.8 Å². The van der Waals surface area contributed by atoms with Crippen LogP contribution in [0.15, 0.2) is 35.5 Å². The minimum Gasteiger partial charge on any atom is -0.292 e. The summed E-state index contributed by atoms with van der Waals surface area (Å²) < 4.78 is 13.5. The molecule has 0 unspecified atom stereocenters. The topological polar surface area (TPSA) is 63.8 Å². The zero-order valence-corrected chi connectivity index (χ0v) is 10.7. The number of benzene rings is 1. The number of halogens is 1. The van der Waals surface area contributed by atoms with Crippen LogP contribution < -0.4 is 11.3 Å². The van der Waals surface area contributed by atoms with Gasteiger partial charge in [0, 0.05) is 5.75 Å². The molecule has 3 N–H and O–H groups in total. The number of anilines is 1. The van der Waals surface area contributed by atoms with Gasteiger partial charge in [-0.2, -0.15) is 0 Å². The van der Waals surface area contributed by atoms with E-state index in [0.717, 1.165) is 11.8 Å². The van der Waals surface area contributed by atoms with E-state index >= 15 is 0 Å². The van der Waals surface area contributed by atoms with Crippen molar-refractivity contribution in [3.05, 3.63) is 47.4 Å². The molecular weight excluding hydrogens is 251 g/mol. The van der Waals surface area contributed by atoms with E-state index in [0.29, 0.717) is 10.8 Å². The van der Waals surface area contributed by atoms with Crippen molar-refractivity contribution in [1.82, 2.24) is 9.97 Å². The second-order valence-corrected chi connectivity index (χ2v) is 4.73. The standard InChI is InChI=1S/C12H13FN4S/c1-8-3-2-4-9(5-8)7-18-11-10(13)6-15-12(16-11)17-14/h2-6H,7,14H2,1H3,(H,15,16,17). The van der Waals surface area contributed by atoms with Crippen molar-refractivity contribution in [2.24, 2.45) is 5.84 Å². The molecule has 2 aromatic rings. The number of hydrazine groups is 1. The third kappa shape index (κ3) is 3.18. The molecule has 0 bridgehead atoms. The molecule has 0 aliphatic rings. The molecule has 0 spiro atoms. The average molecular weight is 264 g/mol. The van der Waals surface area contributed by atoms with E-state index in [1.807, 2.05) is 25.1 Å². The molecule has 0 atom stereocenters. The lowest BCUT2D eigenvalue weighted by molar-refractivity contribution is 0.580. The number of rotatable bonds is 4. The van der Waals surface area contributed by atoms with Gasteiger partial charge in [-0.1, -0.05) is 41.6 Å². The third-order valence-electron chi connectivity index (χ3n) is 2.30. The van der Waals surface area contributed by atoms with Crippen LogP contribution in [-0.2, 0) is 5.75 Å². The van der Waals surface area contributed by atoms with Crippen LogP contribution in [0, 0.1) is 12.7 Å². The van der Waals surface area contributed by atoms with Crippen LogP contribution in [0.4, 0.5) is 10.3 Å². The molecule has 0 aliphatic carbocycles. The fraction of sp³-hybridized carbons (Fsp3) is 0.167. The highest BCUT2D eigenvalue weighted by Gasteiger charge is 2.07. The summed E-state index contributed by atoms with van der Waals surface area (Å²) in [4.78, 5) is 7.66. The summed E-state index contributed by atoms with van der Waals surface area (Å²) in [6, 6.07) is 8.07. The van der Waals surface area contributed by atoms with Crippen molar-refractivity contribution in [1.29, 1.82) is 0 Å². The minimum absolute atomic E-state index is 0.211. The number of nitrogens with zero attached hydrogens (tertiary/aromatic N) is 2. The Morgan fingerprint density at radius 2 is 2.28 bits per heavy atom. The first-order chi connectivity index (χ1) is 8.69. The van der Waals surface area contributed by atoms with Crippen LogP contribution in [-0.4, -0.2) is 9.97 Å². The fourth-order valence-corrected chi connectivity index (χ4v) is 2.30. The van der Waals surface area contributed by atoms with Gasteiger partial charge >= 0.3 is 0 Å². The Labute approximate surface area is 109 Å². The molecule has 6 heteroatoms. The zero-order valence-electron chi connectivity index (χ0n) is 9.85. The van der Waals surface area contributed by atoms with Crippen LogP contribution in [0.2, 0.25) is 0 Å². The summed E-state index contributed by atoms with van der Waals surface area (Å²) in [5.41, 5.74) is 4.61. The number of nitrogens with two attached hydrogens (primary N) is 1. The number of thioether (sulfide) groups is 1. The predicted octanol–water partition coefficient (Wildman–Crippen LogP) is 2.50. The van der Waals surface area contributed by atoms with Crippen LogP contribution in [0.1, 0.15) is 11.1 Å². The Kier molecular flexibility index (Phi) is 4.11. The van der Waals surface area contributed by atoms with Gasteiger partial charge in [0.05, 0.1) is 6.20 Å². The largest absolute Gasteiger partial charge is 0.292 e. The quantitative estimate of drug-likeness (QED) is 0.384. The van der Waals surface area contributed by atoms with Gasteiger partial charge in [-0.15, -0.1) is 0 Å². The molecule has 1 aromatic heterocycles. The summed E-state index contributed by atoms with van der Waals surface area (Å²) in [7, 11) is 0. The maximum Gasteiger partial charge on any atom is 0.238 e. The van der Waals surface area contributed by atoms with Gasteiger partial charge in [0.1, 0.15) is 5.03 Å². The summed E-state index contributed by atoms with van der Waals surface area (Å²) in [5, 5.41) is 0.291. The van der Waals surface area contributed by atoms with Crippen molar-refractivity contribution < 1.29 is 4.39 Å². The van der Waals surface area contributed by atoms with Crippen LogP contribution in [0.5, 0.6) is 0 Å². The maximum absolute atomic E-state index is 13.5. The molecule has 94 valence electrons. The van der Waals surface area contributed by atoms with E-state index in [-0.39, 0.29) is 5.95 Å². The van der Waals surface area contributed by atoms with E-state index in [2.05, 4.69) is 21.5 Å². The second kappa shape index (κ2) is 5.79. The Morgan fingerprint density at radius 3 is 3.00 bits per heavy atom. The second-order valence-electron chi connectivity index (χ2n) is 3.77. The van der Waals surface area contributed by atoms with Gasteiger partial charge in [0.2, 0.25) is 5.95 Å². The lowest BCUT2D eigenvalue weighted by Gasteiger charge is -2.05. The van der Waals surface area contributed by atoms with Gasteiger partial charge < -0.3 is 0 Å². The van der Waals surface area contributed by atoms with Crippen molar-refractivity contribution in [2.75, 3.05) is 5.43 Å². The Hall–Kier alpha value is -1.66. The van der Waals surface area contributed by atoms with E-state index in [9.17, 15) is 4.39 Å². The van der Waals surface area contributed by atoms with Gasteiger partial charge in [0.15, 0.2) is 5.82 Å². The Morgan fingerprint density at radius 1 is 1.44 bits per heavy atom. The van der Waals surface area contributed by atoms with Gasteiger partial charge in [-0.05, 0) is 12.5 Å². The maximum atomic E-state index is 13.5. The molecule has 4 nitrogen and oxygen atoms in total. The van der Waals surface area contributed by atoms with E-state index in [1.54, 1.807) is 0 Å². The number of hydrogen-bond donors (Lipinski definition) is 2. The summed E-state index contributed by atoms with van der Waals surface area (Å²) in [6.07, 6.45) is 1.11. The first kappa shape index (κ1) is 12.8. The highest BCUT2D eigenvalue weighted by Crippen LogP contribution is 2.24. The van der Waals surface area contributed by atoms with E-state index in [4.69, 9.17) is 5.84 Å². The molecular formula is C12H13FN4S. The first-order valence-corrected chi connectivity index (χ1v) is 6.35. The highest BCUT2D eigenvalue weighted by molar-refractivity contribution is 7.98. The smallest absolute Gasteiger partial charge is 0.238 e. The van der Waals surface area contributed by atoms with Gasteiger partial charge in [-0.25, -0.2) is 20.2 Å². The molecule has 18 heavy (non-hydrogen) atoms. The number of nitrogens with one attached hydrogen (secondary N) is 1. The van der Waals surface area contributed by atoms with E-state index < -0.39 is 5.82 Å². The van der Waals surface area contributed by atoms with Crippen molar-refractivity contribution in [2.45, 2.75) is 17.7 Å². The van der Waals surface area contributed by atoms with Crippen molar-refractivity contribution in [3.8, 4) is 0 Å². The normalized spacial score (nSPS) is 10.4. The summed E-state index contributed by atoms with van der Waals surface area (Å²) in [5.74, 6) is 5.61. The zero-order chi connectivity index (χ0) is 13.0. The molecule has 0 fully saturated rings. The van der Waals surface area contributed by atoms with Crippen LogP contribution in [0.25, 0.3) is 0 Å². The Balaban J connectivity index is 2.10. The predicted molar refractivity (Wildman–Crippen MR) is 70.5 cm³/mol. The lowest BCUT2D eigenvalue weighted by atomic mass is 10.2. The molecule has 2 rings (SSSR count). The number of aromatic nitrogens is 2. The molecule has 1 heterocycles. The van der Waals surface area contributed by atoms with Crippen LogP contribution in [0.3, 0.4) is 0 Å². The molecule has 0 amide bonds. The average Bonchev–Trinajstić information content (AvgIpc) is 2.38. The monoisotopic (exact) mass is 264 g/mol. The molecule has 0 saturated carbocycles. The molecule has 0 aliphatic heterocycles. The fourth-order valence-electron chi connectivity index (χ4n) is 1.48. The van der Waals surface area contributed by atoms with Gasteiger partial charge in [-0.3, -0.25) is 5.43 Å². The molecule has 0 radical (unpaired) electrons. The Bertz CT molecular complexity index is 547. The highest BCUT2D eigenvalue weighted by atomic mass is 32.2. The number of hydrogen-bond acceptors (Lipinski definition) is 5. The van der Waals surface area contributed by atoms with E-state index in [1.165, 1.54) is 17.3 Å². The molecule has 1 aromatic carbocycles. The molecule has 0 saturated heterocycles. The SMILES string of the molecule is Cc1cccc(CSc2nc(NN)ncc2F)c1. The third-order valence-corrected chi connectivity index (χ3v) is 3.34. The number of aryl methyl sites for hydroxylation is 1. The first-order valence-electron chi connectivity index (χ1n) is 5.36. The van der Waals surface area contributed by atoms with Crippen molar-refractivity contribution in [3.63, 3.8) is 0 Å². The summed E-state index contributed by atoms with van der Waals surface area (Å²) >= 11 is 1.32. The van der Waals surface area contributed by atoms with Gasteiger partial charge in [0.25, 0.3) is 0 Å². The lowest BCUT2D eigenvalue weighted by Crippen LogP contribution is -2.11.